The minimum absolute atomic E-state index is 0.0345. The molecule has 1 saturated heterocycles. The van der Waals surface area contributed by atoms with Crippen LogP contribution < -0.4 is 9.50 Å². The maximum absolute atomic E-state index is 12.7. The zero-order chi connectivity index (χ0) is 21.1. The number of anilines is 1. The molecule has 3 rings (SSSR count). The molecule has 1 amide bonds. The molecule has 0 radical (unpaired) electrons. The van der Waals surface area contributed by atoms with Gasteiger partial charge in [-0.25, -0.2) is 8.42 Å². The summed E-state index contributed by atoms with van der Waals surface area (Å²) in [5.74, 6) is -0.404. The predicted octanol–water partition coefficient (Wildman–Crippen LogP) is 2.59. The third-order valence-corrected chi connectivity index (χ3v) is 7.62. The number of hydrogen-bond acceptors (Lipinski definition) is 6. The van der Waals surface area contributed by atoms with Crippen LogP contribution in [-0.4, -0.2) is 40.1 Å². The summed E-state index contributed by atoms with van der Waals surface area (Å²) in [4.78, 5) is 11.1. The number of amides is 1. The smallest absolute Gasteiger partial charge is 0.339 e. The second-order valence-electron chi connectivity index (χ2n) is 6.65. The van der Waals surface area contributed by atoms with E-state index in [0.29, 0.717) is 13.1 Å². The zero-order valence-corrected chi connectivity index (χ0v) is 17.5. The Balaban J connectivity index is 1.83. The Bertz CT molecular complexity index is 1090. The molecule has 0 unspecified atom stereocenters. The highest BCUT2D eigenvalue weighted by Gasteiger charge is 2.27. The number of benzene rings is 2. The lowest BCUT2D eigenvalue weighted by atomic mass is 10.2. The van der Waals surface area contributed by atoms with Gasteiger partial charge in [-0.15, -0.1) is 0 Å². The van der Waals surface area contributed by atoms with Gasteiger partial charge in [-0.05, 0) is 49.2 Å². The van der Waals surface area contributed by atoms with Crippen molar-refractivity contribution >= 4 is 31.7 Å². The van der Waals surface area contributed by atoms with Crippen LogP contribution in [0.3, 0.4) is 0 Å². The van der Waals surface area contributed by atoms with E-state index in [4.69, 9.17) is 4.18 Å². The number of piperidine rings is 1. The molecule has 0 aliphatic carbocycles. The molecule has 156 valence electrons. The summed E-state index contributed by atoms with van der Waals surface area (Å²) in [7, 11) is -7.87. The Morgan fingerprint density at radius 3 is 2.10 bits per heavy atom. The van der Waals surface area contributed by atoms with E-state index < -0.39 is 20.1 Å². The van der Waals surface area contributed by atoms with Gasteiger partial charge in [0, 0.05) is 20.0 Å². The van der Waals surface area contributed by atoms with Gasteiger partial charge in [0.2, 0.25) is 15.9 Å². The summed E-state index contributed by atoms with van der Waals surface area (Å²) >= 11 is 0. The number of para-hydroxylation sites is 2. The summed E-state index contributed by atoms with van der Waals surface area (Å²) in [5.41, 5.74) is 0.216. The lowest BCUT2D eigenvalue weighted by molar-refractivity contribution is -0.114. The molecule has 0 saturated carbocycles. The molecule has 8 nitrogen and oxygen atoms in total. The van der Waals surface area contributed by atoms with Crippen LogP contribution in [0.5, 0.6) is 5.75 Å². The number of nitrogens with one attached hydrogen (secondary N) is 1. The lowest BCUT2D eigenvalue weighted by Crippen LogP contribution is -2.35. The van der Waals surface area contributed by atoms with Gasteiger partial charge in [0.25, 0.3) is 0 Å². The van der Waals surface area contributed by atoms with Gasteiger partial charge in [-0.2, -0.15) is 12.7 Å². The van der Waals surface area contributed by atoms with Gasteiger partial charge in [0.1, 0.15) is 4.90 Å². The van der Waals surface area contributed by atoms with Gasteiger partial charge >= 0.3 is 10.1 Å². The Hall–Kier alpha value is -2.43. The number of sulfonamides is 1. The second kappa shape index (κ2) is 8.52. The maximum Gasteiger partial charge on any atom is 0.339 e. The van der Waals surface area contributed by atoms with Crippen LogP contribution in [0.4, 0.5) is 5.69 Å². The molecule has 1 heterocycles. The minimum atomic E-state index is -4.22. The van der Waals surface area contributed by atoms with Crippen LogP contribution in [0, 0.1) is 0 Å². The zero-order valence-electron chi connectivity index (χ0n) is 15.9. The van der Waals surface area contributed by atoms with Gasteiger partial charge < -0.3 is 9.50 Å². The van der Waals surface area contributed by atoms with Crippen LogP contribution in [0.25, 0.3) is 0 Å². The minimum Gasteiger partial charge on any atom is -0.377 e. The molecule has 0 atom stereocenters. The Morgan fingerprint density at radius 1 is 0.897 bits per heavy atom. The molecule has 1 aliphatic heterocycles. The second-order valence-corrected chi connectivity index (χ2v) is 10.1. The molecule has 1 fully saturated rings. The monoisotopic (exact) mass is 438 g/mol. The topological polar surface area (TPSA) is 110 Å². The average molecular weight is 439 g/mol. The molecular formula is C19H22N2O6S2. The molecule has 2 aromatic carbocycles. The SMILES string of the molecule is CC(=O)Nc1ccccc1OS(=O)(=O)c1ccc(S(=O)(=O)N2CCCCC2)cc1. The fourth-order valence-corrected chi connectivity index (χ4v) is 5.50. The quantitative estimate of drug-likeness (QED) is 0.694. The predicted molar refractivity (Wildman–Crippen MR) is 108 cm³/mol. The van der Waals surface area contributed by atoms with Crippen molar-refractivity contribution in [1.82, 2.24) is 4.31 Å². The third-order valence-electron chi connectivity index (χ3n) is 4.46. The first kappa shape index (κ1) is 21.3. The van der Waals surface area contributed by atoms with Crippen molar-refractivity contribution < 1.29 is 25.8 Å². The average Bonchev–Trinajstić information content (AvgIpc) is 2.70. The van der Waals surface area contributed by atoms with Gasteiger partial charge in [-0.3, -0.25) is 4.79 Å². The first-order chi connectivity index (χ1) is 13.7. The Morgan fingerprint density at radius 2 is 1.48 bits per heavy atom. The molecule has 0 bridgehead atoms. The Kier molecular flexibility index (Phi) is 6.25. The fourth-order valence-electron chi connectivity index (χ4n) is 3.03. The van der Waals surface area contributed by atoms with Crippen LogP contribution >= 0.6 is 0 Å². The molecule has 29 heavy (non-hydrogen) atoms. The summed E-state index contributed by atoms with van der Waals surface area (Å²) in [5, 5.41) is 2.50. The van der Waals surface area contributed by atoms with Crippen molar-refractivity contribution in [2.24, 2.45) is 0 Å². The largest absolute Gasteiger partial charge is 0.377 e. The summed E-state index contributed by atoms with van der Waals surface area (Å²) in [6.45, 7) is 2.23. The highest BCUT2D eigenvalue weighted by molar-refractivity contribution is 7.89. The fraction of sp³-hybridized carbons (Fsp3) is 0.316. The van der Waals surface area contributed by atoms with Crippen LogP contribution in [0.1, 0.15) is 26.2 Å². The molecule has 0 aromatic heterocycles. The first-order valence-corrected chi connectivity index (χ1v) is 12.0. The van der Waals surface area contributed by atoms with E-state index in [1.54, 1.807) is 12.1 Å². The first-order valence-electron chi connectivity index (χ1n) is 9.11. The molecule has 2 aromatic rings. The van der Waals surface area contributed by atoms with Crippen molar-refractivity contribution in [2.75, 3.05) is 18.4 Å². The summed E-state index contributed by atoms with van der Waals surface area (Å²) in [6, 6.07) is 11.1. The maximum atomic E-state index is 12.7. The van der Waals surface area contributed by atoms with Gasteiger partial charge in [-0.1, -0.05) is 18.6 Å². The van der Waals surface area contributed by atoms with Gasteiger partial charge in [0.05, 0.1) is 10.6 Å². The van der Waals surface area contributed by atoms with E-state index in [2.05, 4.69) is 5.32 Å². The van der Waals surface area contributed by atoms with Crippen molar-refractivity contribution in [3.8, 4) is 5.75 Å². The standard InChI is InChI=1S/C19H22N2O6S2/c1-15(22)20-18-7-3-4-8-19(18)27-29(25,26)17-11-9-16(10-12-17)28(23,24)21-13-5-2-6-14-21/h3-4,7-12H,2,5-6,13-14H2,1H3,(H,20,22). The Labute approximate surface area is 170 Å². The van der Waals surface area contributed by atoms with Crippen LogP contribution in [0.2, 0.25) is 0 Å². The molecule has 0 spiro atoms. The van der Waals surface area contributed by atoms with Crippen molar-refractivity contribution in [3.05, 3.63) is 48.5 Å². The van der Waals surface area contributed by atoms with Crippen LogP contribution in [0.15, 0.2) is 58.3 Å². The molecule has 1 N–H and O–H groups in total. The van der Waals surface area contributed by atoms with E-state index in [9.17, 15) is 21.6 Å². The molecular weight excluding hydrogens is 416 g/mol. The van der Waals surface area contributed by atoms with E-state index in [1.807, 2.05) is 0 Å². The van der Waals surface area contributed by atoms with Crippen LogP contribution in [-0.2, 0) is 24.9 Å². The summed E-state index contributed by atoms with van der Waals surface area (Å²) < 4.78 is 57.2. The van der Waals surface area contributed by atoms with E-state index in [-0.39, 0.29) is 27.1 Å². The van der Waals surface area contributed by atoms with Crippen molar-refractivity contribution in [3.63, 3.8) is 0 Å². The molecule has 1 aliphatic rings. The highest BCUT2D eigenvalue weighted by Crippen LogP contribution is 2.28. The summed E-state index contributed by atoms with van der Waals surface area (Å²) in [6.07, 6.45) is 2.63. The van der Waals surface area contributed by atoms with E-state index in [1.165, 1.54) is 47.6 Å². The number of hydrogen-bond donors (Lipinski definition) is 1. The number of carbonyl (C=O) groups is 1. The number of nitrogens with zero attached hydrogens (tertiary/aromatic N) is 1. The van der Waals surface area contributed by atoms with Crippen molar-refractivity contribution in [1.29, 1.82) is 0 Å². The normalized spacial score (nSPS) is 15.6. The highest BCUT2D eigenvalue weighted by atomic mass is 32.2. The molecule has 10 heteroatoms. The third kappa shape index (κ3) is 4.95. The van der Waals surface area contributed by atoms with E-state index in [0.717, 1.165) is 19.3 Å². The van der Waals surface area contributed by atoms with Crippen molar-refractivity contribution in [2.45, 2.75) is 36.0 Å². The van der Waals surface area contributed by atoms with Gasteiger partial charge in [0.15, 0.2) is 5.75 Å². The number of carbonyl (C=O) groups excluding carboxylic acids is 1. The van der Waals surface area contributed by atoms with E-state index >= 15 is 0 Å². The lowest BCUT2D eigenvalue weighted by Gasteiger charge is -2.25. The number of rotatable bonds is 6.